The maximum atomic E-state index is 12.9. The van der Waals surface area contributed by atoms with E-state index in [1.165, 1.54) is 0 Å². The fourth-order valence-electron chi connectivity index (χ4n) is 3.25. The molecule has 1 aliphatic rings. The average molecular weight is 526 g/mol. The highest BCUT2D eigenvalue weighted by Crippen LogP contribution is 2.31. The van der Waals surface area contributed by atoms with Crippen LogP contribution in [0.4, 0.5) is 11.4 Å². The van der Waals surface area contributed by atoms with Crippen molar-refractivity contribution in [2.24, 2.45) is 0 Å². The summed E-state index contributed by atoms with van der Waals surface area (Å²) in [6.45, 7) is 3.79. The van der Waals surface area contributed by atoms with Crippen molar-refractivity contribution >= 4 is 56.7 Å². The molecule has 1 N–H and O–H groups in total. The Hall–Kier alpha value is -3.42. The van der Waals surface area contributed by atoms with Gasteiger partial charge in [-0.3, -0.25) is 9.59 Å². The second kappa shape index (κ2) is 9.21. The predicted molar refractivity (Wildman–Crippen MR) is 130 cm³/mol. The number of hydrogen-bond acceptors (Lipinski definition) is 5. The zero-order chi connectivity index (χ0) is 23.7. The number of esters is 1. The van der Waals surface area contributed by atoms with Gasteiger partial charge in [-0.2, -0.15) is 0 Å². The van der Waals surface area contributed by atoms with Crippen LogP contribution in [0.3, 0.4) is 0 Å². The SMILES string of the molecule is Cc1ccc(C)c(OC(=O)c2ccc(NC3=C(Cl)C(=O)N(c4ccc(Br)cc4)C3=O)cc2)c1. The van der Waals surface area contributed by atoms with Crippen LogP contribution in [0.1, 0.15) is 21.5 Å². The van der Waals surface area contributed by atoms with Crippen LogP contribution in [0, 0.1) is 13.8 Å². The number of carbonyl (C=O) groups is 3. The summed E-state index contributed by atoms with van der Waals surface area (Å²) in [6.07, 6.45) is 0. The molecule has 166 valence electrons. The second-order valence-electron chi connectivity index (χ2n) is 7.47. The van der Waals surface area contributed by atoms with Crippen molar-refractivity contribution in [2.75, 3.05) is 10.2 Å². The monoisotopic (exact) mass is 524 g/mol. The average Bonchev–Trinajstić information content (AvgIpc) is 3.00. The number of halogens is 2. The maximum absolute atomic E-state index is 12.9. The predicted octanol–water partition coefficient (Wildman–Crippen LogP) is 5.72. The summed E-state index contributed by atoms with van der Waals surface area (Å²) < 4.78 is 6.32. The summed E-state index contributed by atoms with van der Waals surface area (Å²) in [5, 5.41) is 2.68. The molecule has 0 unspecified atom stereocenters. The fraction of sp³-hybridized carbons (Fsp3) is 0.0800. The Balaban J connectivity index is 1.49. The normalized spacial score (nSPS) is 13.5. The van der Waals surface area contributed by atoms with Crippen LogP contribution in [0.5, 0.6) is 5.75 Å². The molecule has 3 aromatic carbocycles. The number of ether oxygens (including phenoxy) is 1. The van der Waals surface area contributed by atoms with Crippen LogP contribution >= 0.6 is 27.5 Å². The third kappa shape index (κ3) is 4.69. The van der Waals surface area contributed by atoms with Crippen LogP contribution in [-0.2, 0) is 9.59 Å². The molecule has 0 saturated heterocycles. The standard InChI is InChI=1S/C25H18BrClN2O4/c1-14-3-4-15(2)20(13-14)33-25(32)16-5-9-18(10-6-16)28-22-21(27)23(30)29(24(22)31)19-11-7-17(26)8-12-19/h3-13,28H,1-2H3. The zero-order valence-electron chi connectivity index (χ0n) is 17.7. The van der Waals surface area contributed by atoms with Gasteiger partial charge in [-0.25, -0.2) is 9.69 Å². The molecule has 33 heavy (non-hydrogen) atoms. The molecule has 6 nitrogen and oxygen atoms in total. The van der Waals surface area contributed by atoms with E-state index in [9.17, 15) is 14.4 Å². The second-order valence-corrected chi connectivity index (χ2v) is 8.77. The minimum absolute atomic E-state index is 0.0321. The molecule has 0 atom stereocenters. The van der Waals surface area contributed by atoms with Gasteiger partial charge in [0.15, 0.2) is 0 Å². The number of rotatable bonds is 5. The summed E-state index contributed by atoms with van der Waals surface area (Å²) >= 11 is 9.49. The fourth-order valence-corrected chi connectivity index (χ4v) is 3.72. The molecule has 8 heteroatoms. The largest absolute Gasteiger partial charge is 0.423 e. The smallest absolute Gasteiger partial charge is 0.343 e. The lowest BCUT2D eigenvalue weighted by Crippen LogP contribution is -2.32. The van der Waals surface area contributed by atoms with Gasteiger partial charge in [0.25, 0.3) is 11.8 Å². The lowest BCUT2D eigenvalue weighted by atomic mass is 10.1. The van der Waals surface area contributed by atoms with Gasteiger partial charge in [-0.15, -0.1) is 0 Å². The van der Waals surface area contributed by atoms with Crippen molar-refractivity contribution in [1.82, 2.24) is 0 Å². The molecule has 3 aromatic rings. The summed E-state index contributed by atoms with van der Waals surface area (Å²) in [5.74, 6) is -1.17. The minimum atomic E-state index is -0.611. The molecule has 4 rings (SSSR count). The number of nitrogens with zero attached hydrogens (tertiary/aromatic N) is 1. The van der Waals surface area contributed by atoms with Crippen LogP contribution in [-0.4, -0.2) is 17.8 Å². The Morgan fingerprint density at radius 3 is 2.27 bits per heavy atom. The lowest BCUT2D eigenvalue weighted by Gasteiger charge is -2.15. The zero-order valence-corrected chi connectivity index (χ0v) is 20.0. The van der Waals surface area contributed by atoms with Crippen molar-refractivity contribution in [1.29, 1.82) is 0 Å². The molecule has 0 bridgehead atoms. The van der Waals surface area contributed by atoms with E-state index in [0.717, 1.165) is 20.5 Å². The molecule has 0 saturated carbocycles. The molecule has 1 aliphatic heterocycles. The number of carbonyl (C=O) groups excluding carboxylic acids is 3. The molecule has 0 radical (unpaired) electrons. The third-order valence-corrected chi connectivity index (χ3v) is 5.93. The number of hydrogen-bond donors (Lipinski definition) is 1. The van der Waals surface area contributed by atoms with Gasteiger partial charge in [0, 0.05) is 10.2 Å². The number of amides is 2. The first-order valence-electron chi connectivity index (χ1n) is 9.95. The molecule has 1 heterocycles. The highest BCUT2D eigenvalue weighted by molar-refractivity contribution is 9.10. The molecule has 0 spiro atoms. The van der Waals surface area contributed by atoms with Crippen molar-refractivity contribution in [3.8, 4) is 5.75 Å². The number of imide groups is 1. The summed E-state index contributed by atoms with van der Waals surface area (Å²) in [4.78, 5) is 39.0. The Bertz CT molecular complexity index is 1300. The molecule has 0 fully saturated rings. The van der Waals surface area contributed by atoms with Crippen LogP contribution < -0.4 is 15.0 Å². The van der Waals surface area contributed by atoms with E-state index < -0.39 is 17.8 Å². The number of nitrogens with one attached hydrogen (secondary N) is 1. The summed E-state index contributed by atoms with van der Waals surface area (Å²) in [5.41, 5.74) is 3.05. The molecular weight excluding hydrogens is 508 g/mol. The van der Waals surface area contributed by atoms with E-state index >= 15 is 0 Å². The molecule has 0 aromatic heterocycles. The van der Waals surface area contributed by atoms with E-state index in [4.69, 9.17) is 16.3 Å². The quantitative estimate of drug-likeness (QED) is 0.262. The van der Waals surface area contributed by atoms with Gasteiger partial charge in [0.05, 0.1) is 11.3 Å². The van der Waals surface area contributed by atoms with Gasteiger partial charge >= 0.3 is 5.97 Å². The number of aryl methyl sites for hydroxylation is 2. The minimum Gasteiger partial charge on any atom is -0.423 e. The van der Waals surface area contributed by atoms with Crippen molar-refractivity contribution in [2.45, 2.75) is 13.8 Å². The van der Waals surface area contributed by atoms with E-state index in [2.05, 4.69) is 21.2 Å². The Morgan fingerprint density at radius 2 is 1.61 bits per heavy atom. The van der Waals surface area contributed by atoms with Crippen LogP contribution in [0.25, 0.3) is 0 Å². The first kappa shape index (κ1) is 22.8. The maximum Gasteiger partial charge on any atom is 0.343 e. The van der Waals surface area contributed by atoms with Crippen molar-refractivity contribution in [3.05, 3.63) is 98.6 Å². The van der Waals surface area contributed by atoms with E-state index in [0.29, 0.717) is 22.7 Å². The Morgan fingerprint density at radius 1 is 0.939 bits per heavy atom. The summed E-state index contributed by atoms with van der Waals surface area (Å²) in [7, 11) is 0. The Labute approximate surface area is 203 Å². The van der Waals surface area contributed by atoms with E-state index in [-0.39, 0.29) is 10.7 Å². The molecule has 2 amide bonds. The topological polar surface area (TPSA) is 75.7 Å². The van der Waals surface area contributed by atoms with Crippen molar-refractivity contribution in [3.63, 3.8) is 0 Å². The van der Waals surface area contributed by atoms with E-state index in [1.54, 1.807) is 54.6 Å². The highest BCUT2D eigenvalue weighted by Gasteiger charge is 2.38. The van der Waals surface area contributed by atoms with Gasteiger partial charge < -0.3 is 10.1 Å². The lowest BCUT2D eigenvalue weighted by molar-refractivity contribution is -0.120. The molecular formula is C25H18BrClN2O4. The first-order chi connectivity index (χ1) is 15.7. The van der Waals surface area contributed by atoms with Crippen LogP contribution in [0.2, 0.25) is 0 Å². The van der Waals surface area contributed by atoms with E-state index in [1.807, 2.05) is 26.0 Å². The van der Waals surface area contributed by atoms with Gasteiger partial charge in [0.2, 0.25) is 0 Å². The van der Waals surface area contributed by atoms with Crippen molar-refractivity contribution < 1.29 is 19.1 Å². The van der Waals surface area contributed by atoms with Gasteiger partial charge in [0.1, 0.15) is 16.5 Å². The third-order valence-electron chi connectivity index (χ3n) is 5.05. The highest BCUT2D eigenvalue weighted by atomic mass is 79.9. The first-order valence-corrected chi connectivity index (χ1v) is 11.1. The molecule has 0 aliphatic carbocycles. The number of anilines is 2. The van der Waals surface area contributed by atoms with Gasteiger partial charge in [-0.05, 0) is 79.6 Å². The Kier molecular flexibility index (Phi) is 6.35. The number of benzene rings is 3. The summed E-state index contributed by atoms with van der Waals surface area (Å²) in [6, 6.07) is 18.7. The van der Waals surface area contributed by atoms with Gasteiger partial charge in [-0.1, -0.05) is 39.7 Å². The van der Waals surface area contributed by atoms with Crippen LogP contribution in [0.15, 0.2) is 81.9 Å².